The van der Waals surface area contributed by atoms with Crippen LogP contribution in [0.15, 0.2) is 89.6 Å². The van der Waals surface area contributed by atoms with Gasteiger partial charge in [-0.05, 0) is 134 Å². The van der Waals surface area contributed by atoms with Gasteiger partial charge >= 0.3 is 16.5 Å². The molecule has 0 aliphatic rings. The third kappa shape index (κ3) is 11.3. The number of nitrogens with zero attached hydrogens (tertiary/aromatic N) is 2. The van der Waals surface area contributed by atoms with Gasteiger partial charge < -0.3 is 25.8 Å². The molecule has 2 heterocycles. The Morgan fingerprint density at radius 3 is 0.784 bits per heavy atom. The number of hydrogen-bond donors (Lipinski definition) is 0. The van der Waals surface area contributed by atoms with Crippen LogP contribution in [-0.2, 0) is 21.7 Å². The van der Waals surface area contributed by atoms with Crippen molar-refractivity contribution in [2.24, 2.45) is 0 Å². The van der Waals surface area contributed by atoms with E-state index in [4.69, 9.17) is 36.4 Å². The van der Waals surface area contributed by atoms with E-state index in [9.17, 15) is 0 Å². The molecule has 0 unspecified atom stereocenters. The fraction of sp³-hybridized carbons (Fsp3) is 0.406. The van der Waals surface area contributed by atoms with Crippen molar-refractivity contribution in [1.29, 1.82) is 10.5 Å². The van der Waals surface area contributed by atoms with E-state index in [1.54, 1.807) is 12.1 Å². The third-order valence-corrected chi connectivity index (χ3v) is 16.0. The minimum absolute atomic E-state index is 0.228. The highest BCUT2D eigenvalue weighted by Gasteiger charge is 2.30. The van der Waals surface area contributed by atoms with Gasteiger partial charge in [-0.25, -0.2) is 0 Å². The zero-order valence-corrected chi connectivity index (χ0v) is 50.0. The van der Waals surface area contributed by atoms with Crippen LogP contribution in [0.3, 0.4) is 0 Å². The molecule has 6 aromatic carbocycles. The van der Waals surface area contributed by atoms with E-state index in [1.807, 2.05) is 36.4 Å². The normalized spacial score (nSPS) is 11.9. The Labute approximate surface area is 443 Å². The first-order chi connectivity index (χ1) is 34.4. The molecule has 0 saturated carbocycles. The number of rotatable bonds is 5. The minimum Gasteiger partial charge on any atom is -0.390 e. The molecule has 0 radical (unpaired) electrons. The molecule has 0 atom stereocenters. The maximum Gasteiger partial charge on any atom is 0.453 e. The van der Waals surface area contributed by atoms with Gasteiger partial charge in [0.05, 0.1) is 12.1 Å². The van der Waals surface area contributed by atoms with Gasteiger partial charge in [0.15, 0.2) is 0 Å². The first-order valence-corrected chi connectivity index (χ1v) is 27.7. The Kier molecular flexibility index (Phi) is 16.6. The Hall–Kier alpha value is -6.30. The second kappa shape index (κ2) is 21.5. The van der Waals surface area contributed by atoms with E-state index < -0.39 is 16.5 Å². The summed E-state index contributed by atoms with van der Waals surface area (Å²) in [5, 5.41) is 18.9. The Bertz CT molecular complexity index is 3210. The van der Waals surface area contributed by atoms with E-state index in [-0.39, 0.29) is 21.7 Å². The molecule has 0 spiro atoms. The van der Waals surface area contributed by atoms with E-state index in [1.165, 1.54) is 58.4 Å². The van der Waals surface area contributed by atoms with Crippen molar-refractivity contribution < 1.29 is 25.8 Å². The van der Waals surface area contributed by atoms with Crippen LogP contribution in [0, 0.1) is 78.1 Å². The lowest BCUT2D eigenvalue weighted by Crippen LogP contribution is -2.13. The third-order valence-electron chi connectivity index (χ3n) is 14.0. The molecule has 8 rings (SSSR count). The number of para-hydroxylation sites is 2. The number of fused-ring (bicyclic) bond motifs is 6. The highest BCUT2D eigenvalue weighted by Crippen LogP contribution is 2.51. The summed E-state index contributed by atoms with van der Waals surface area (Å²) in [5.41, 5.74) is 18.0. The first-order valence-electron chi connectivity index (χ1n) is 25.5. The maximum absolute atomic E-state index is 7.32. The quantitative estimate of drug-likeness (QED) is 0.167. The van der Waals surface area contributed by atoms with Crippen LogP contribution >= 0.6 is 16.5 Å². The fourth-order valence-electron chi connectivity index (χ4n) is 9.49. The van der Waals surface area contributed by atoms with Crippen molar-refractivity contribution in [1.82, 2.24) is 0 Å². The Balaban J connectivity index is 0.00000142. The Morgan fingerprint density at radius 2 is 0.581 bits per heavy atom. The minimum atomic E-state index is -2.04. The van der Waals surface area contributed by atoms with Gasteiger partial charge in [-0.15, -0.1) is 0 Å². The van der Waals surface area contributed by atoms with Gasteiger partial charge in [0.25, 0.3) is 0 Å². The molecule has 74 heavy (non-hydrogen) atoms. The van der Waals surface area contributed by atoms with Crippen LogP contribution in [-0.4, -0.2) is 0 Å². The van der Waals surface area contributed by atoms with Crippen molar-refractivity contribution in [2.45, 2.75) is 174 Å². The van der Waals surface area contributed by atoms with E-state index in [2.05, 4.69) is 175 Å². The van der Waals surface area contributed by atoms with Gasteiger partial charge in [-0.3, -0.25) is 0 Å². The fourth-order valence-corrected chi connectivity index (χ4v) is 11.7. The van der Waals surface area contributed by atoms with Crippen molar-refractivity contribution in [3.05, 3.63) is 140 Å². The zero-order valence-electron chi connectivity index (χ0n) is 48.2. The lowest BCUT2D eigenvalue weighted by Gasteiger charge is -2.23. The van der Waals surface area contributed by atoms with Crippen molar-refractivity contribution in [2.75, 3.05) is 0 Å². The summed E-state index contributed by atoms with van der Waals surface area (Å²) >= 11 is 0. The highest BCUT2D eigenvalue weighted by atomic mass is 31.1. The molecule has 8 nitrogen and oxygen atoms in total. The topological polar surface area (TPSA) is 119 Å². The van der Waals surface area contributed by atoms with Crippen molar-refractivity contribution >= 4 is 60.4 Å². The number of benzene rings is 6. The molecular formula is C64H78N2O6P2. The molecule has 0 bridgehead atoms. The molecule has 8 aromatic rings. The molecule has 0 N–H and O–H groups in total. The molecule has 0 saturated heterocycles. The van der Waals surface area contributed by atoms with Gasteiger partial charge in [-0.2, -0.15) is 10.5 Å². The Morgan fingerprint density at radius 1 is 0.378 bits per heavy atom. The van der Waals surface area contributed by atoms with Gasteiger partial charge in [-0.1, -0.05) is 144 Å². The molecule has 10 heteroatoms. The molecule has 0 aliphatic carbocycles. The highest BCUT2D eigenvalue weighted by molar-refractivity contribution is 7.32. The molecule has 390 valence electrons. The molecule has 2 aromatic heterocycles. The SMILES string of the molecule is CC#N.CC#N.Cc1cc(C(C)(C)C)c2op(Oc3ccccc3-c3ccccc3Op3oc4c(C(C)(C)C)cc(C)c(C)c4c4c(C)c(C)cc(C(C)(C)C)c4o3)oc3c(C(C)(C)C)cc(C)c(C)c3c2c1C. The van der Waals surface area contributed by atoms with Crippen LogP contribution < -0.4 is 9.05 Å². The first kappa shape index (κ1) is 57.0. The summed E-state index contributed by atoms with van der Waals surface area (Å²) in [7, 11) is -4.08. The molecular weight excluding hydrogens is 955 g/mol. The molecule has 0 fully saturated rings. The summed E-state index contributed by atoms with van der Waals surface area (Å²) in [5.74, 6) is 1.21. The predicted octanol–water partition coefficient (Wildman–Crippen LogP) is 21.0. The summed E-state index contributed by atoms with van der Waals surface area (Å²) < 4.78 is 43.0. The number of hydrogen-bond acceptors (Lipinski definition) is 8. The lowest BCUT2D eigenvalue weighted by molar-refractivity contribution is 0.485. The van der Waals surface area contributed by atoms with Crippen molar-refractivity contribution in [3.63, 3.8) is 0 Å². The summed E-state index contributed by atoms with van der Waals surface area (Å²) in [6.07, 6.45) is 0. The standard InChI is InChI=1S/C60H72O6P2.2C2H3N/c1-33-29-43(57(9,10)11)53-49(37(33)5)50-38(6)34(2)30-44(58(12,13)14)54(50)64-67(63-53)61-47-27-23-21-25-41(47)42-26-22-24-28-48(42)62-68-65-55-45(59(15,16)17)31-35(3)39(7)51(55)52-40(8)36(4)32-46(56(52)66-68)60(18,19)20;2*1-2-3/h21-32H,1-20H3;2*1H3. The summed E-state index contributed by atoms with van der Waals surface area (Å²) in [6.45, 7) is 47.3. The predicted molar refractivity (Wildman–Crippen MR) is 312 cm³/mol. The van der Waals surface area contributed by atoms with E-state index in [0.29, 0.717) is 11.5 Å². The van der Waals surface area contributed by atoms with E-state index in [0.717, 1.165) is 77.3 Å². The summed E-state index contributed by atoms with van der Waals surface area (Å²) in [4.78, 5) is 0. The maximum atomic E-state index is 7.32. The van der Waals surface area contributed by atoms with Crippen LogP contribution in [0.4, 0.5) is 0 Å². The van der Waals surface area contributed by atoms with Gasteiger partial charge in [0.2, 0.25) is 0 Å². The largest absolute Gasteiger partial charge is 0.453 e. The summed E-state index contributed by atoms with van der Waals surface area (Å²) in [6, 6.07) is 28.8. The van der Waals surface area contributed by atoms with Gasteiger partial charge in [0.1, 0.15) is 33.8 Å². The smallest absolute Gasteiger partial charge is 0.390 e. The van der Waals surface area contributed by atoms with E-state index >= 15 is 0 Å². The zero-order chi connectivity index (χ0) is 55.2. The second-order valence-electron chi connectivity index (χ2n) is 23.7. The second-order valence-corrected chi connectivity index (χ2v) is 25.7. The van der Waals surface area contributed by atoms with Crippen LogP contribution in [0.25, 0.3) is 55.0 Å². The average Bonchev–Trinajstić information content (AvgIpc) is 3.57. The average molecular weight is 1030 g/mol. The molecule has 0 amide bonds. The lowest BCUT2D eigenvalue weighted by atomic mass is 9.81. The van der Waals surface area contributed by atoms with Crippen LogP contribution in [0.1, 0.15) is 164 Å². The monoisotopic (exact) mass is 1030 g/mol. The molecule has 0 aliphatic heterocycles. The van der Waals surface area contributed by atoms with Crippen molar-refractivity contribution in [3.8, 4) is 34.8 Å². The van der Waals surface area contributed by atoms with Gasteiger partial charge in [0, 0.05) is 68.8 Å². The van der Waals surface area contributed by atoms with Crippen LogP contribution in [0.5, 0.6) is 11.5 Å². The number of aryl methyl sites for hydroxylation is 8. The number of nitriles is 2. The van der Waals surface area contributed by atoms with Crippen LogP contribution in [0.2, 0.25) is 0 Å².